The molecule has 2 rings (SSSR count). The SMILES string of the molecule is COc1ccc(C(=O)NCCS(=O)(=O)NCCc2ccccc2)cc1OC. The lowest BCUT2D eigenvalue weighted by molar-refractivity contribution is 0.0955. The van der Waals surface area contributed by atoms with Gasteiger partial charge in [0.15, 0.2) is 11.5 Å². The molecule has 0 bridgehead atoms. The number of hydrogen-bond donors (Lipinski definition) is 2. The first-order chi connectivity index (χ1) is 12.9. The van der Waals surface area contributed by atoms with Gasteiger partial charge in [-0.1, -0.05) is 30.3 Å². The van der Waals surface area contributed by atoms with Crippen LogP contribution in [0.5, 0.6) is 11.5 Å². The molecule has 0 saturated heterocycles. The van der Waals surface area contributed by atoms with Crippen molar-refractivity contribution in [3.63, 3.8) is 0 Å². The summed E-state index contributed by atoms with van der Waals surface area (Å²) in [4.78, 5) is 12.2. The van der Waals surface area contributed by atoms with E-state index in [0.29, 0.717) is 30.0 Å². The smallest absolute Gasteiger partial charge is 0.251 e. The summed E-state index contributed by atoms with van der Waals surface area (Å²) < 4.78 is 36.9. The van der Waals surface area contributed by atoms with Crippen LogP contribution in [0.25, 0.3) is 0 Å². The van der Waals surface area contributed by atoms with Crippen molar-refractivity contribution in [3.8, 4) is 11.5 Å². The second kappa shape index (κ2) is 9.94. The summed E-state index contributed by atoms with van der Waals surface area (Å²) in [5, 5.41) is 2.60. The molecule has 0 heterocycles. The average Bonchev–Trinajstić information content (AvgIpc) is 2.67. The van der Waals surface area contributed by atoms with Crippen molar-refractivity contribution >= 4 is 15.9 Å². The number of carbonyl (C=O) groups excluding carboxylic acids is 1. The van der Waals surface area contributed by atoms with Gasteiger partial charge >= 0.3 is 0 Å². The van der Waals surface area contributed by atoms with Gasteiger partial charge in [-0.05, 0) is 30.2 Å². The molecule has 2 aromatic carbocycles. The van der Waals surface area contributed by atoms with Crippen LogP contribution in [-0.2, 0) is 16.4 Å². The lowest BCUT2D eigenvalue weighted by atomic mass is 10.2. The van der Waals surface area contributed by atoms with Crippen LogP contribution in [0.4, 0.5) is 0 Å². The minimum atomic E-state index is -3.46. The number of ether oxygens (including phenoxy) is 2. The van der Waals surface area contributed by atoms with E-state index in [2.05, 4.69) is 10.0 Å². The molecule has 7 nitrogen and oxygen atoms in total. The molecular weight excluding hydrogens is 368 g/mol. The first kappa shape index (κ1) is 20.7. The van der Waals surface area contributed by atoms with E-state index in [9.17, 15) is 13.2 Å². The lowest BCUT2D eigenvalue weighted by Gasteiger charge is -2.10. The molecule has 0 atom stereocenters. The van der Waals surface area contributed by atoms with E-state index in [4.69, 9.17) is 9.47 Å². The zero-order valence-electron chi connectivity index (χ0n) is 15.4. The van der Waals surface area contributed by atoms with E-state index in [1.165, 1.54) is 14.2 Å². The zero-order chi connectivity index (χ0) is 19.7. The van der Waals surface area contributed by atoms with E-state index in [1.54, 1.807) is 18.2 Å². The quantitative estimate of drug-likeness (QED) is 0.641. The van der Waals surface area contributed by atoms with E-state index in [1.807, 2.05) is 30.3 Å². The van der Waals surface area contributed by atoms with Crippen molar-refractivity contribution in [1.29, 1.82) is 0 Å². The van der Waals surface area contributed by atoms with Gasteiger partial charge in [-0.25, -0.2) is 13.1 Å². The Bertz CT molecular complexity index is 854. The normalized spacial score (nSPS) is 11.0. The fourth-order valence-electron chi connectivity index (χ4n) is 2.45. The number of sulfonamides is 1. The molecule has 0 radical (unpaired) electrons. The molecule has 0 fully saturated rings. The van der Waals surface area contributed by atoms with Gasteiger partial charge in [-0.2, -0.15) is 0 Å². The number of amides is 1. The number of benzene rings is 2. The van der Waals surface area contributed by atoms with Gasteiger partial charge in [0.2, 0.25) is 10.0 Å². The third-order valence-corrected chi connectivity index (χ3v) is 5.27. The van der Waals surface area contributed by atoms with E-state index < -0.39 is 10.0 Å². The first-order valence-electron chi connectivity index (χ1n) is 8.46. The fourth-order valence-corrected chi connectivity index (χ4v) is 3.37. The highest BCUT2D eigenvalue weighted by Gasteiger charge is 2.13. The van der Waals surface area contributed by atoms with Crippen LogP contribution >= 0.6 is 0 Å². The van der Waals surface area contributed by atoms with Crippen molar-refractivity contribution in [1.82, 2.24) is 10.0 Å². The Morgan fingerprint density at radius 1 is 0.963 bits per heavy atom. The van der Waals surface area contributed by atoms with Crippen molar-refractivity contribution in [2.45, 2.75) is 6.42 Å². The van der Waals surface area contributed by atoms with Crippen LogP contribution in [0, 0.1) is 0 Å². The minimum Gasteiger partial charge on any atom is -0.493 e. The van der Waals surface area contributed by atoms with Crippen LogP contribution in [0.3, 0.4) is 0 Å². The minimum absolute atomic E-state index is 0.00779. The monoisotopic (exact) mass is 392 g/mol. The maximum absolute atomic E-state index is 12.2. The van der Waals surface area contributed by atoms with Crippen molar-refractivity contribution in [2.75, 3.05) is 33.1 Å². The Morgan fingerprint density at radius 3 is 2.33 bits per heavy atom. The summed E-state index contributed by atoms with van der Waals surface area (Å²) >= 11 is 0. The standard InChI is InChI=1S/C19H24N2O5S/c1-25-17-9-8-16(14-18(17)26-2)19(22)20-12-13-27(23,24)21-11-10-15-6-4-3-5-7-15/h3-9,14,21H,10-13H2,1-2H3,(H,20,22). The average molecular weight is 392 g/mol. The molecule has 0 spiro atoms. The summed E-state index contributed by atoms with van der Waals surface area (Å²) in [6.45, 7) is 0.323. The molecule has 146 valence electrons. The molecule has 0 aromatic heterocycles. The van der Waals surface area contributed by atoms with Gasteiger partial charge in [-0.3, -0.25) is 4.79 Å². The van der Waals surface area contributed by atoms with Crippen molar-refractivity contribution in [3.05, 3.63) is 59.7 Å². The molecule has 0 saturated carbocycles. The maximum Gasteiger partial charge on any atom is 0.251 e. The molecule has 8 heteroatoms. The molecule has 0 aliphatic rings. The van der Waals surface area contributed by atoms with Crippen molar-refractivity contribution in [2.24, 2.45) is 0 Å². The number of rotatable bonds is 10. The van der Waals surface area contributed by atoms with Crippen LogP contribution in [0.1, 0.15) is 15.9 Å². The molecule has 0 aliphatic carbocycles. The highest BCUT2D eigenvalue weighted by atomic mass is 32.2. The third-order valence-electron chi connectivity index (χ3n) is 3.88. The van der Waals surface area contributed by atoms with Gasteiger partial charge in [0.1, 0.15) is 0 Å². The number of hydrogen-bond acceptors (Lipinski definition) is 5. The Hall–Kier alpha value is -2.58. The molecule has 2 N–H and O–H groups in total. The highest BCUT2D eigenvalue weighted by molar-refractivity contribution is 7.89. The third kappa shape index (κ3) is 6.58. The fraction of sp³-hybridized carbons (Fsp3) is 0.316. The maximum atomic E-state index is 12.2. The second-order valence-corrected chi connectivity index (χ2v) is 7.70. The van der Waals surface area contributed by atoms with Crippen molar-refractivity contribution < 1.29 is 22.7 Å². The van der Waals surface area contributed by atoms with Crippen LogP contribution < -0.4 is 19.5 Å². The second-order valence-electron chi connectivity index (χ2n) is 5.77. The predicted molar refractivity (Wildman–Crippen MR) is 104 cm³/mol. The molecular formula is C19H24N2O5S. The molecule has 27 heavy (non-hydrogen) atoms. The zero-order valence-corrected chi connectivity index (χ0v) is 16.2. The van der Waals surface area contributed by atoms with Gasteiger partial charge in [-0.15, -0.1) is 0 Å². The summed E-state index contributed by atoms with van der Waals surface area (Å²) in [7, 11) is -0.476. The van der Waals surface area contributed by atoms with Crippen LogP contribution in [0.15, 0.2) is 48.5 Å². The Kier molecular flexibility index (Phi) is 7.63. The highest BCUT2D eigenvalue weighted by Crippen LogP contribution is 2.27. The van der Waals surface area contributed by atoms with E-state index in [-0.39, 0.29) is 18.2 Å². The number of nitrogens with one attached hydrogen (secondary N) is 2. The van der Waals surface area contributed by atoms with Crippen LogP contribution in [0.2, 0.25) is 0 Å². The molecule has 2 aromatic rings. The topological polar surface area (TPSA) is 93.7 Å². The molecule has 1 amide bonds. The Balaban J connectivity index is 1.79. The van der Waals surface area contributed by atoms with E-state index >= 15 is 0 Å². The Morgan fingerprint density at radius 2 is 1.67 bits per heavy atom. The first-order valence-corrected chi connectivity index (χ1v) is 10.1. The lowest BCUT2D eigenvalue weighted by Crippen LogP contribution is -2.35. The summed E-state index contributed by atoms with van der Waals surface area (Å²) in [6, 6.07) is 14.4. The summed E-state index contributed by atoms with van der Waals surface area (Å²) in [5.74, 6) is 0.371. The molecule has 0 unspecified atom stereocenters. The van der Waals surface area contributed by atoms with Gasteiger partial charge in [0, 0.05) is 18.7 Å². The largest absolute Gasteiger partial charge is 0.493 e. The van der Waals surface area contributed by atoms with Crippen LogP contribution in [-0.4, -0.2) is 47.4 Å². The predicted octanol–water partition coefficient (Wildman–Crippen LogP) is 1.60. The molecule has 0 aliphatic heterocycles. The van der Waals surface area contributed by atoms with Gasteiger partial charge < -0.3 is 14.8 Å². The van der Waals surface area contributed by atoms with Gasteiger partial charge in [0.25, 0.3) is 5.91 Å². The van der Waals surface area contributed by atoms with Gasteiger partial charge in [0.05, 0.1) is 20.0 Å². The van der Waals surface area contributed by atoms with E-state index in [0.717, 1.165) is 5.56 Å². The summed E-state index contributed by atoms with van der Waals surface area (Å²) in [5.41, 5.74) is 1.42. The Labute approximate surface area is 159 Å². The number of methoxy groups -OCH3 is 2. The number of carbonyl (C=O) groups is 1. The summed E-state index contributed by atoms with van der Waals surface area (Å²) in [6.07, 6.45) is 0.609.